The third-order valence-electron chi connectivity index (χ3n) is 3.74. The van der Waals surface area contributed by atoms with Gasteiger partial charge in [-0.05, 0) is 55.7 Å². The zero-order valence-corrected chi connectivity index (χ0v) is 13.6. The number of hydrogen-bond acceptors (Lipinski definition) is 3. The number of nitrogens with one attached hydrogen (secondary N) is 2. The maximum atomic E-state index is 12.1. The number of aryl methyl sites for hydroxylation is 2. The van der Waals surface area contributed by atoms with Crippen LogP contribution >= 0.6 is 0 Å². The van der Waals surface area contributed by atoms with Crippen molar-refractivity contribution < 1.29 is 9.59 Å². The van der Waals surface area contributed by atoms with E-state index in [-0.39, 0.29) is 24.4 Å². The van der Waals surface area contributed by atoms with Gasteiger partial charge in [-0.25, -0.2) is 0 Å². The monoisotopic (exact) mass is 311 g/mol. The molecule has 1 unspecified atom stereocenters. The molecule has 0 aliphatic heterocycles. The fourth-order valence-electron chi connectivity index (χ4n) is 2.15. The molecule has 1 aromatic carbocycles. The Morgan fingerprint density at radius 1 is 1.17 bits per heavy atom. The molecule has 0 aliphatic carbocycles. The number of amides is 2. The minimum absolute atomic E-state index is 0.0592. The average Bonchev–Trinajstić information content (AvgIpc) is 2.56. The fourth-order valence-corrected chi connectivity index (χ4v) is 2.15. The summed E-state index contributed by atoms with van der Waals surface area (Å²) in [5.74, 6) is -0.490. The van der Waals surface area contributed by atoms with Gasteiger partial charge in [0.1, 0.15) is 0 Å². The molecule has 2 rings (SSSR count). The Morgan fingerprint density at radius 3 is 2.61 bits per heavy atom. The molecule has 23 heavy (non-hydrogen) atoms. The van der Waals surface area contributed by atoms with Crippen molar-refractivity contribution in [2.75, 3.05) is 6.54 Å². The minimum Gasteiger partial charge on any atom is -0.348 e. The van der Waals surface area contributed by atoms with Crippen molar-refractivity contribution in [3.8, 4) is 0 Å². The Kier molecular flexibility index (Phi) is 5.46. The van der Waals surface area contributed by atoms with Crippen LogP contribution in [-0.4, -0.2) is 23.3 Å². The highest BCUT2D eigenvalue weighted by Crippen LogP contribution is 2.10. The second-order valence-electron chi connectivity index (χ2n) is 5.56. The lowest BCUT2D eigenvalue weighted by Crippen LogP contribution is -2.38. The first kappa shape index (κ1) is 16.7. The first-order chi connectivity index (χ1) is 11.0. The van der Waals surface area contributed by atoms with E-state index in [1.54, 1.807) is 18.5 Å². The highest BCUT2D eigenvalue weighted by atomic mass is 16.2. The van der Waals surface area contributed by atoms with Gasteiger partial charge in [-0.1, -0.05) is 12.1 Å². The van der Waals surface area contributed by atoms with Crippen LogP contribution in [-0.2, 0) is 4.79 Å². The maximum Gasteiger partial charge on any atom is 0.251 e. The van der Waals surface area contributed by atoms with E-state index in [0.29, 0.717) is 5.56 Å². The summed E-state index contributed by atoms with van der Waals surface area (Å²) in [6, 6.07) is 9.03. The van der Waals surface area contributed by atoms with Crippen molar-refractivity contribution in [1.82, 2.24) is 15.6 Å². The van der Waals surface area contributed by atoms with Crippen LogP contribution in [0.1, 0.15) is 40.0 Å². The highest BCUT2D eigenvalue weighted by Gasteiger charge is 2.12. The number of carbonyl (C=O) groups excluding carboxylic acids is 2. The van der Waals surface area contributed by atoms with Crippen LogP contribution in [0.15, 0.2) is 42.7 Å². The van der Waals surface area contributed by atoms with Crippen LogP contribution in [0, 0.1) is 13.8 Å². The van der Waals surface area contributed by atoms with Gasteiger partial charge in [-0.2, -0.15) is 0 Å². The van der Waals surface area contributed by atoms with Crippen molar-refractivity contribution in [2.45, 2.75) is 26.8 Å². The largest absolute Gasteiger partial charge is 0.348 e. The number of benzene rings is 1. The summed E-state index contributed by atoms with van der Waals surface area (Å²) in [6.07, 6.45) is 3.39. The number of aromatic nitrogens is 1. The van der Waals surface area contributed by atoms with Gasteiger partial charge >= 0.3 is 0 Å². The van der Waals surface area contributed by atoms with Crippen molar-refractivity contribution in [3.05, 3.63) is 65.0 Å². The molecule has 1 aromatic heterocycles. The Labute approximate surface area is 136 Å². The predicted molar refractivity (Wildman–Crippen MR) is 89.0 cm³/mol. The number of nitrogens with zero attached hydrogens (tertiary/aromatic N) is 1. The zero-order chi connectivity index (χ0) is 16.8. The molecular formula is C18H21N3O2. The number of carbonyl (C=O) groups is 2. The van der Waals surface area contributed by atoms with Gasteiger partial charge in [0.15, 0.2) is 0 Å². The maximum absolute atomic E-state index is 12.1. The van der Waals surface area contributed by atoms with Gasteiger partial charge in [0.2, 0.25) is 5.91 Å². The van der Waals surface area contributed by atoms with Crippen molar-refractivity contribution in [2.24, 2.45) is 0 Å². The van der Waals surface area contributed by atoms with E-state index < -0.39 is 0 Å². The molecule has 120 valence electrons. The molecule has 2 N–H and O–H groups in total. The molecule has 0 fully saturated rings. The van der Waals surface area contributed by atoms with Gasteiger partial charge in [0, 0.05) is 18.0 Å². The van der Waals surface area contributed by atoms with Gasteiger partial charge in [-0.15, -0.1) is 0 Å². The highest BCUT2D eigenvalue weighted by molar-refractivity contribution is 5.96. The van der Waals surface area contributed by atoms with E-state index in [1.165, 1.54) is 0 Å². The molecule has 2 amide bonds. The van der Waals surface area contributed by atoms with E-state index >= 15 is 0 Å². The lowest BCUT2D eigenvalue weighted by atomic mass is 10.1. The van der Waals surface area contributed by atoms with E-state index in [4.69, 9.17) is 0 Å². The lowest BCUT2D eigenvalue weighted by molar-refractivity contribution is -0.120. The predicted octanol–water partition coefficient (Wildman–Crippen LogP) is 2.31. The molecular weight excluding hydrogens is 290 g/mol. The van der Waals surface area contributed by atoms with Crippen LogP contribution in [0.5, 0.6) is 0 Å². The molecule has 0 saturated carbocycles. The molecule has 5 heteroatoms. The van der Waals surface area contributed by atoms with E-state index in [0.717, 1.165) is 16.7 Å². The SMILES string of the molecule is Cc1ccc(C(=O)NCC(=O)NC(C)c2cccnc2)cc1C. The zero-order valence-electron chi connectivity index (χ0n) is 13.6. The standard InChI is InChI=1S/C18H21N3O2/c1-12-6-7-15(9-13(12)2)18(23)20-11-17(22)21-14(3)16-5-4-8-19-10-16/h4-10,14H,11H2,1-3H3,(H,20,23)(H,21,22). The van der Waals surface area contributed by atoms with Crippen LogP contribution in [0.2, 0.25) is 0 Å². The first-order valence-electron chi connectivity index (χ1n) is 7.52. The van der Waals surface area contributed by atoms with Crippen LogP contribution in [0.3, 0.4) is 0 Å². The van der Waals surface area contributed by atoms with Gasteiger partial charge in [0.05, 0.1) is 12.6 Å². The Balaban J connectivity index is 1.86. The van der Waals surface area contributed by atoms with E-state index in [9.17, 15) is 9.59 Å². The molecule has 0 bridgehead atoms. The van der Waals surface area contributed by atoms with Crippen molar-refractivity contribution in [3.63, 3.8) is 0 Å². The smallest absolute Gasteiger partial charge is 0.251 e. The van der Waals surface area contributed by atoms with Crippen molar-refractivity contribution in [1.29, 1.82) is 0 Å². The van der Waals surface area contributed by atoms with Gasteiger partial charge in [-0.3, -0.25) is 14.6 Å². The summed E-state index contributed by atoms with van der Waals surface area (Å²) >= 11 is 0. The summed E-state index contributed by atoms with van der Waals surface area (Å²) < 4.78 is 0. The Hall–Kier alpha value is -2.69. The lowest BCUT2D eigenvalue weighted by Gasteiger charge is -2.14. The summed E-state index contributed by atoms with van der Waals surface area (Å²) in [7, 11) is 0. The number of pyridine rings is 1. The van der Waals surface area contributed by atoms with Crippen molar-refractivity contribution >= 4 is 11.8 Å². The third kappa shape index (κ3) is 4.64. The topological polar surface area (TPSA) is 71.1 Å². The molecule has 0 radical (unpaired) electrons. The minimum atomic E-state index is -0.253. The van der Waals surface area contributed by atoms with Crippen LogP contribution < -0.4 is 10.6 Å². The second-order valence-corrected chi connectivity index (χ2v) is 5.56. The fraction of sp³-hybridized carbons (Fsp3) is 0.278. The van der Waals surface area contributed by atoms with Crippen LogP contribution in [0.4, 0.5) is 0 Å². The first-order valence-corrected chi connectivity index (χ1v) is 7.52. The molecule has 1 atom stereocenters. The summed E-state index contributed by atoms with van der Waals surface area (Å²) in [5, 5.41) is 5.47. The molecule has 0 aliphatic rings. The van der Waals surface area contributed by atoms with Gasteiger partial charge in [0.25, 0.3) is 5.91 Å². The molecule has 0 spiro atoms. The molecule has 0 saturated heterocycles. The molecule has 1 heterocycles. The molecule has 5 nitrogen and oxygen atoms in total. The average molecular weight is 311 g/mol. The summed E-state index contributed by atoms with van der Waals surface area (Å²) in [5.41, 5.74) is 3.65. The Morgan fingerprint density at radius 2 is 1.96 bits per heavy atom. The van der Waals surface area contributed by atoms with Crippen LogP contribution in [0.25, 0.3) is 0 Å². The summed E-state index contributed by atoms with van der Waals surface area (Å²) in [4.78, 5) is 28.0. The molecule has 2 aromatic rings. The van der Waals surface area contributed by atoms with E-state index in [2.05, 4.69) is 15.6 Å². The van der Waals surface area contributed by atoms with Gasteiger partial charge < -0.3 is 10.6 Å². The quantitative estimate of drug-likeness (QED) is 0.890. The third-order valence-corrected chi connectivity index (χ3v) is 3.74. The Bertz CT molecular complexity index is 699. The summed E-state index contributed by atoms with van der Waals surface area (Å²) in [6.45, 7) is 5.76. The number of hydrogen-bond donors (Lipinski definition) is 2. The van der Waals surface area contributed by atoms with E-state index in [1.807, 2.05) is 45.0 Å². The number of rotatable bonds is 5. The second kappa shape index (κ2) is 7.54. The normalized spacial score (nSPS) is 11.6.